The Bertz CT molecular complexity index is 602. The van der Waals surface area contributed by atoms with Gasteiger partial charge in [0.05, 0.1) is 21.8 Å². The number of nitrogens with zero attached hydrogens (tertiary/aromatic N) is 2. The SMILES string of the molecule is N#CC(=N)C(C#N)NC(=O)Nc1cccc(Cl)c1Cl. The van der Waals surface area contributed by atoms with Crippen LogP contribution in [0.2, 0.25) is 10.0 Å². The van der Waals surface area contributed by atoms with Crippen molar-refractivity contribution in [1.29, 1.82) is 15.9 Å². The van der Waals surface area contributed by atoms with Gasteiger partial charge in [-0.05, 0) is 12.1 Å². The number of benzene rings is 1. The Morgan fingerprint density at radius 2 is 2.05 bits per heavy atom. The highest BCUT2D eigenvalue weighted by Gasteiger charge is 2.17. The third-order valence-electron chi connectivity index (χ3n) is 2.01. The zero-order valence-electron chi connectivity index (χ0n) is 9.37. The lowest BCUT2D eigenvalue weighted by Crippen LogP contribution is -2.41. The third kappa shape index (κ3) is 3.85. The van der Waals surface area contributed by atoms with E-state index in [1.54, 1.807) is 18.2 Å². The van der Waals surface area contributed by atoms with Crippen LogP contribution in [0, 0.1) is 28.1 Å². The lowest BCUT2D eigenvalue weighted by atomic mass is 10.2. The summed E-state index contributed by atoms with van der Waals surface area (Å²) in [4.78, 5) is 11.6. The quantitative estimate of drug-likeness (QED) is 0.745. The van der Waals surface area contributed by atoms with Crippen molar-refractivity contribution >= 4 is 40.6 Å². The first-order valence-electron chi connectivity index (χ1n) is 4.89. The summed E-state index contributed by atoms with van der Waals surface area (Å²) in [7, 11) is 0. The van der Waals surface area contributed by atoms with Gasteiger partial charge in [-0.3, -0.25) is 5.41 Å². The topological polar surface area (TPSA) is 113 Å². The summed E-state index contributed by atoms with van der Waals surface area (Å²) in [6.45, 7) is 0. The molecule has 0 saturated carbocycles. The molecule has 2 amide bonds. The molecule has 0 bridgehead atoms. The van der Waals surface area contributed by atoms with Crippen molar-refractivity contribution in [1.82, 2.24) is 5.32 Å². The van der Waals surface area contributed by atoms with Crippen molar-refractivity contribution in [2.45, 2.75) is 6.04 Å². The summed E-state index contributed by atoms with van der Waals surface area (Å²) in [5, 5.41) is 29.3. The summed E-state index contributed by atoms with van der Waals surface area (Å²) in [6.07, 6.45) is 0. The normalized spacial score (nSPS) is 10.7. The highest BCUT2D eigenvalue weighted by atomic mass is 35.5. The van der Waals surface area contributed by atoms with Gasteiger partial charge in [-0.15, -0.1) is 0 Å². The number of amides is 2. The van der Waals surface area contributed by atoms with Crippen molar-refractivity contribution in [3.05, 3.63) is 28.2 Å². The van der Waals surface area contributed by atoms with Crippen molar-refractivity contribution in [2.24, 2.45) is 0 Å². The van der Waals surface area contributed by atoms with Gasteiger partial charge in [0.15, 0.2) is 6.04 Å². The summed E-state index contributed by atoms with van der Waals surface area (Å²) in [5.74, 6) is 0. The third-order valence-corrected chi connectivity index (χ3v) is 2.83. The molecule has 1 aromatic carbocycles. The van der Waals surface area contributed by atoms with Crippen LogP contribution < -0.4 is 10.6 Å². The van der Waals surface area contributed by atoms with Crippen LogP contribution in [0.15, 0.2) is 18.2 Å². The minimum absolute atomic E-state index is 0.156. The van der Waals surface area contributed by atoms with Gasteiger partial charge in [-0.25, -0.2) is 4.79 Å². The van der Waals surface area contributed by atoms with Crippen molar-refractivity contribution < 1.29 is 4.79 Å². The fourth-order valence-electron chi connectivity index (χ4n) is 1.12. The first-order chi connectivity index (χ1) is 8.99. The molecule has 8 heteroatoms. The van der Waals surface area contributed by atoms with Gasteiger partial charge in [-0.2, -0.15) is 10.5 Å². The zero-order valence-corrected chi connectivity index (χ0v) is 10.9. The molecule has 1 rings (SSSR count). The minimum Gasteiger partial charge on any atom is -0.316 e. The number of nitriles is 2. The Kier molecular flexibility index (Phi) is 5.13. The number of urea groups is 1. The molecule has 6 nitrogen and oxygen atoms in total. The van der Waals surface area contributed by atoms with Crippen LogP contribution in [-0.4, -0.2) is 17.8 Å². The van der Waals surface area contributed by atoms with E-state index in [0.29, 0.717) is 0 Å². The maximum absolute atomic E-state index is 11.6. The maximum Gasteiger partial charge on any atom is 0.320 e. The fourth-order valence-corrected chi connectivity index (χ4v) is 1.47. The first kappa shape index (κ1) is 14.8. The average molecular weight is 296 g/mol. The molecule has 0 saturated heterocycles. The molecule has 0 aliphatic carbocycles. The van der Waals surface area contributed by atoms with Gasteiger partial charge < -0.3 is 10.6 Å². The lowest BCUT2D eigenvalue weighted by Gasteiger charge is -2.11. The van der Waals surface area contributed by atoms with E-state index >= 15 is 0 Å². The van der Waals surface area contributed by atoms with Crippen LogP contribution in [0.1, 0.15) is 0 Å². The Hall–Kier alpha value is -2.28. The highest BCUT2D eigenvalue weighted by molar-refractivity contribution is 6.43. The largest absolute Gasteiger partial charge is 0.320 e. The summed E-state index contributed by atoms with van der Waals surface area (Å²) in [5.41, 5.74) is -0.304. The summed E-state index contributed by atoms with van der Waals surface area (Å²) in [6, 6.07) is 5.67. The fraction of sp³-hybridized carbons (Fsp3) is 0.0909. The second-order valence-electron chi connectivity index (χ2n) is 3.29. The number of hydrogen-bond donors (Lipinski definition) is 3. The smallest absolute Gasteiger partial charge is 0.316 e. The molecule has 0 fully saturated rings. The van der Waals surface area contributed by atoms with E-state index in [2.05, 4.69) is 10.6 Å². The van der Waals surface area contributed by atoms with Crippen LogP contribution in [-0.2, 0) is 0 Å². The lowest BCUT2D eigenvalue weighted by molar-refractivity contribution is 0.252. The second kappa shape index (κ2) is 6.60. The Balaban J connectivity index is 2.76. The van der Waals surface area contributed by atoms with Crippen molar-refractivity contribution in [3.8, 4) is 12.1 Å². The highest BCUT2D eigenvalue weighted by Crippen LogP contribution is 2.29. The van der Waals surface area contributed by atoms with E-state index in [-0.39, 0.29) is 15.7 Å². The minimum atomic E-state index is -1.32. The molecule has 0 heterocycles. The van der Waals surface area contributed by atoms with Crippen LogP contribution in [0.25, 0.3) is 0 Å². The second-order valence-corrected chi connectivity index (χ2v) is 4.07. The van der Waals surface area contributed by atoms with Crippen LogP contribution in [0.3, 0.4) is 0 Å². The number of nitrogens with one attached hydrogen (secondary N) is 3. The maximum atomic E-state index is 11.6. The standard InChI is InChI=1S/C11H7Cl2N5O/c12-6-2-1-3-8(10(6)13)17-11(19)18-9(5-15)7(16)4-14/h1-3,9,16H,(H2,17,18,19). The average Bonchev–Trinajstić information content (AvgIpc) is 2.40. The molecule has 0 spiro atoms. The van der Waals surface area contributed by atoms with Crippen molar-refractivity contribution in [3.63, 3.8) is 0 Å². The molecule has 0 aliphatic rings. The van der Waals surface area contributed by atoms with E-state index in [4.69, 9.17) is 39.1 Å². The number of rotatable bonds is 3. The molecular weight excluding hydrogens is 289 g/mol. The predicted molar refractivity (Wildman–Crippen MR) is 71.4 cm³/mol. The van der Waals surface area contributed by atoms with E-state index < -0.39 is 17.8 Å². The molecule has 0 aromatic heterocycles. The van der Waals surface area contributed by atoms with E-state index in [1.165, 1.54) is 12.1 Å². The van der Waals surface area contributed by atoms with E-state index in [0.717, 1.165) is 0 Å². The number of carbonyl (C=O) groups excluding carboxylic acids is 1. The van der Waals surface area contributed by atoms with Gasteiger partial charge in [-0.1, -0.05) is 29.3 Å². The van der Waals surface area contributed by atoms with E-state index in [1.807, 2.05) is 0 Å². The van der Waals surface area contributed by atoms with Gasteiger partial charge in [0.2, 0.25) is 0 Å². The summed E-state index contributed by atoms with van der Waals surface area (Å²) < 4.78 is 0. The monoisotopic (exact) mass is 295 g/mol. The Morgan fingerprint density at radius 3 is 2.63 bits per heavy atom. The Morgan fingerprint density at radius 1 is 1.37 bits per heavy atom. The zero-order chi connectivity index (χ0) is 14.4. The van der Waals surface area contributed by atoms with Gasteiger partial charge in [0, 0.05) is 0 Å². The molecule has 1 unspecified atom stereocenters. The number of hydrogen-bond acceptors (Lipinski definition) is 4. The van der Waals surface area contributed by atoms with Crippen LogP contribution in [0.4, 0.5) is 10.5 Å². The summed E-state index contributed by atoms with van der Waals surface area (Å²) >= 11 is 11.6. The molecular formula is C11H7Cl2N5O. The molecule has 96 valence electrons. The Labute approximate surface area is 119 Å². The number of halogens is 2. The van der Waals surface area contributed by atoms with Crippen LogP contribution >= 0.6 is 23.2 Å². The van der Waals surface area contributed by atoms with E-state index in [9.17, 15) is 4.79 Å². The molecule has 1 atom stereocenters. The molecule has 19 heavy (non-hydrogen) atoms. The van der Waals surface area contributed by atoms with Gasteiger partial charge in [0.1, 0.15) is 11.8 Å². The van der Waals surface area contributed by atoms with Crippen LogP contribution in [0.5, 0.6) is 0 Å². The van der Waals surface area contributed by atoms with Gasteiger partial charge in [0.25, 0.3) is 0 Å². The van der Waals surface area contributed by atoms with Crippen molar-refractivity contribution in [2.75, 3.05) is 5.32 Å². The molecule has 0 radical (unpaired) electrons. The predicted octanol–water partition coefficient (Wildman–Crippen LogP) is 2.55. The van der Waals surface area contributed by atoms with Gasteiger partial charge >= 0.3 is 6.03 Å². The molecule has 0 aliphatic heterocycles. The number of carbonyl (C=O) groups is 1. The molecule has 1 aromatic rings. The first-order valence-corrected chi connectivity index (χ1v) is 5.65. The number of anilines is 1. The molecule has 3 N–H and O–H groups in total.